The normalized spacial score (nSPS) is 15.9. The van der Waals surface area contributed by atoms with Gasteiger partial charge in [-0.2, -0.15) is 0 Å². The highest BCUT2D eigenvalue weighted by molar-refractivity contribution is 6.01. The van der Waals surface area contributed by atoms with Crippen LogP contribution in [0.5, 0.6) is 0 Å². The van der Waals surface area contributed by atoms with E-state index >= 15 is 0 Å². The number of Topliss-reactive ketones (excluding diaryl/α,β-unsaturated/α-hetero) is 1. The van der Waals surface area contributed by atoms with Crippen LogP contribution in [0.15, 0.2) is 109 Å². The Morgan fingerprint density at radius 2 is 1.36 bits per heavy atom. The van der Waals surface area contributed by atoms with Crippen molar-refractivity contribution >= 4 is 18.0 Å². The number of benzene rings is 3. The first-order chi connectivity index (χ1) is 18.8. The molecular weight excluding hydrogens is 486 g/mol. The molecule has 0 atom stereocenters. The lowest BCUT2D eigenvalue weighted by Crippen LogP contribution is -2.52. The Hall–Kier alpha value is -4.29. The molecule has 1 aromatic heterocycles. The number of carbonyl (C=O) groups is 2. The van der Waals surface area contributed by atoms with Gasteiger partial charge in [-0.3, -0.25) is 9.69 Å². The fourth-order valence-electron chi connectivity index (χ4n) is 5.32. The Labute approximate surface area is 229 Å². The van der Waals surface area contributed by atoms with Crippen LogP contribution in [-0.4, -0.2) is 45.0 Å². The van der Waals surface area contributed by atoms with Gasteiger partial charge in [0.1, 0.15) is 11.9 Å². The molecular formula is C33H33N3O3. The maximum absolute atomic E-state index is 13.3. The summed E-state index contributed by atoms with van der Waals surface area (Å²) in [5.74, 6) is 0.0614. The van der Waals surface area contributed by atoms with E-state index in [-0.39, 0.29) is 5.78 Å². The molecule has 2 heterocycles. The Morgan fingerprint density at radius 1 is 0.846 bits per heavy atom. The third-order valence-corrected chi connectivity index (χ3v) is 6.96. The molecule has 0 spiro atoms. The van der Waals surface area contributed by atoms with E-state index in [9.17, 15) is 9.59 Å². The molecule has 39 heavy (non-hydrogen) atoms. The second kappa shape index (κ2) is 10.8. The van der Waals surface area contributed by atoms with Crippen molar-refractivity contribution in [2.24, 2.45) is 0 Å². The molecule has 0 amide bonds. The second-order valence-electron chi connectivity index (χ2n) is 10.7. The largest absolute Gasteiger partial charge is 0.443 e. The van der Waals surface area contributed by atoms with Crippen molar-refractivity contribution in [1.82, 2.24) is 14.5 Å². The van der Waals surface area contributed by atoms with Crippen LogP contribution in [-0.2, 0) is 15.1 Å². The number of imidazole rings is 1. The summed E-state index contributed by atoms with van der Waals surface area (Å²) in [7, 11) is 0. The van der Waals surface area contributed by atoms with E-state index in [1.54, 1.807) is 12.3 Å². The number of ketones is 1. The number of hydrogen-bond acceptors (Lipinski definition) is 5. The average molecular weight is 520 g/mol. The number of aromatic nitrogens is 2. The van der Waals surface area contributed by atoms with Gasteiger partial charge in [0.2, 0.25) is 0 Å². The van der Waals surface area contributed by atoms with Crippen LogP contribution in [0, 0.1) is 0 Å². The van der Waals surface area contributed by atoms with Crippen LogP contribution in [0.2, 0.25) is 0 Å². The fourth-order valence-corrected chi connectivity index (χ4v) is 5.32. The molecule has 1 aliphatic heterocycles. The van der Waals surface area contributed by atoms with Crippen LogP contribution in [0.1, 0.15) is 49.6 Å². The molecule has 4 aromatic rings. The van der Waals surface area contributed by atoms with Crippen LogP contribution in [0.25, 0.3) is 6.08 Å². The molecule has 1 fully saturated rings. The van der Waals surface area contributed by atoms with Gasteiger partial charge < -0.3 is 4.74 Å². The van der Waals surface area contributed by atoms with Crippen LogP contribution in [0.4, 0.5) is 4.79 Å². The predicted molar refractivity (Wildman–Crippen MR) is 152 cm³/mol. The first kappa shape index (κ1) is 26.3. The Bertz CT molecular complexity index is 1370. The van der Waals surface area contributed by atoms with E-state index in [0.29, 0.717) is 30.8 Å². The zero-order valence-electron chi connectivity index (χ0n) is 22.6. The van der Waals surface area contributed by atoms with Crippen molar-refractivity contribution in [3.8, 4) is 0 Å². The lowest BCUT2D eigenvalue weighted by Gasteiger charge is -2.47. The average Bonchev–Trinajstić information content (AvgIpc) is 3.40. The smallest absolute Gasteiger partial charge is 0.420 e. The monoisotopic (exact) mass is 519 g/mol. The molecule has 0 unspecified atom stereocenters. The molecule has 6 nitrogen and oxygen atoms in total. The van der Waals surface area contributed by atoms with E-state index in [0.717, 1.165) is 16.7 Å². The van der Waals surface area contributed by atoms with Gasteiger partial charge in [-0.1, -0.05) is 91.0 Å². The van der Waals surface area contributed by atoms with E-state index < -0.39 is 17.2 Å². The summed E-state index contributed by atoms with van der Waals surface area (Å²) in [5, 5.41) is 0. The molecule has 198 valence electrons. The predicted octanol–water partition coefficient (Wildman–Crippen LogP) is 6.32. The molecule has 0 saturated carbocycles. The minimum absolute atomic E-state index is 0.0614. The molecule has 1 aliphatic rings. The Balaban J connectivity index is 1.63. The van der Waals surface area contributed by atoms with Crippen molar-refractivity contribution in [3.05, 3.63) is 131 Å². The minimum atomic E-state index is -0.649. The van der Waals surface area contributed by atoms with E-state index in [1.165, 1.54) is 10.9 Å². The number of ether oxygens (including phenoxy) is 1. The van der Waals surface area contributed by atoms with E-state index in [2.05, 4.69) is 82.7 Å². The van der Waals surface area contributed by atoms with Gasteiger partial charge in [0.15, 0.2) is 5.78 Å². The molecule has 0 aliphatic carbocycles. The molecule has 0 radical (unpaired) electrons. The first-order valence-electron chi connectivity index (χ1n) is 13.2. The first-order valence-corrected chi connectivity index (χ1v) is 13.2. The number of nitrogens with zero attached hydrogens (tertiary/aromatic N) is 3. The molecule has 0 bridgehead atoms. The standard InChI is InChI=1S/C33H33N3O3/c1-32(2,3)39-31(38)36-24-34-22-29(36)21-25-23-35(20-19-30(25)37)33(26-13-7-4-8-14-26,27-15-9-5-10-16-27)28-17-11-6-12-18-28/h4-18,21-22,24H,19-20,23H2,1-3H3. The molecule has 0 N–H and O–H groups in total. The molecule has 6 heteroatoms. The zero-order chi connectivity index (χ0) is 27.5. The zero-order valence-corrected chi connectivity index (χ0v) is 22.6. The highest BCUT2D eigenvalue weighted by Crippen LogP contribution is 2.44. The van der Waals surface area contributed by atoms with Gasteiger partial charge in [-0.05, 0) is 43.5 Å². The Kier molecular flexibility index (Phi) is 7.31. The topological polar surface area (TPSA) is 64.4 Å². The van der Waals surface area contributed by atoms with Crippen molar-refractivity contribution in [3.63, 3.8) is 0 Å². The van der Waals surface area contributed by atoms with Gasteiger partial charge in [-0.25, -0.2) is 14.3 Å². The maximum Gasteiger partial charge on any atom is 0.420 e. The van der Waals surface area contributed by atoms with Crippen LogP contribution in [0.3, 0.4) is 0 Å². The Morgan fingerprint density at radius 3 is 1.85 bits per heavy atom. The minimum Gasteiger partial charge on any atom is -0.443 e. The number of likely N-dealkylation sites (tertiary alicyclic amines) is 1. The van der Waals surface area contributed by atoms with Crippen molar-refractivity contribution < 1.29 is 14.3 Å². The number of carbonyl (C=O) groups excluding carboxylic acids is 2. The van der Waals surface area contributed by atoms with Gasteiger partial charge >= 0.3 is 6.09 Å². The van der Waals surface area contributed by atoms with Crippen LogP contribution < -0.4 is 0 Å². The quantitative estimate of drug-likeness (QED) is 0.228. The third kappa shape index (κ3) is 5.33. The van der Waals surface area contributed by atoms with Gasteiger partial charge in [-0.15, -0.1) is 0 Å². The summed E-state index contributed by atoms with van der Waals surface area (Å²) >= 11 is 0. The third-order valence-electron chi connectivity index (χ3n) is 6.96. The summed E-state index contributed by atoms with van der Waals surface area (Å²) in [6.45, 7) is 6.44. The number of piperidine rings is 1. The van der Waals surface area contributed by atoms with Gasteiger partial charge in [0, 0.05) is 25.1 Å². The summed E-state index contributed by atoms with van der Waals surface area (Å²) in [5.41, 5.74) is 3.22. The van der Waals surface area contributed by atoms with Gasteiger partial charge in [0.25, 0.3) is 0 Å². The highest BCUT2D eigenvalue weighted by Gasteiger charge is 2.44. The second-order valence-corrected chi connectivity index (χ2v) is 10.7. The van der Waals surface area contributed by atoms with Crippen molar-refractivity contribution in [1.29, 1.82) is 0 Å². The fraction of sp³-hybridized carbons (Fsp3) is 0.242. The summed E-state index contributed by atoms with van der Waals surface area (Å²) in [6.07, 6.45) is 4.62. The van der Waals surface area contributed by atoms with Crippen molar-refractivity contribution in [2.75, 3.05) is 13.1 Å². The molecule has 3 aromatic carbocycles. The van der Waals surface area contributed by atoms with Gasteiger partial charge in [0.05, 0.1) is 17.4 Å². The van der Waals surface area contributed by atoms with E-state index in [4.69, 9.17) is 4.74 Å². The van der Waals surface area contributed by atoms with Crippen LogP contribution >= 0.6 is 0 Å². The number of hydrogen-bond donors (Lipinski definition) is 0. The summed E-state index contributed by atoms with van der Waals surface area (Å²) in [4.78, 5) is 32.6. The summed E-state index contributed by atoms with van der Waals surface area (Å²) in [6, 6.07) is 31.3. The van der Waals surface area contributed by atoms with E-state index in [1.807, 2.05) is 39.0 Å². The highest BCUT2D eigenvalue weighted by atomic mass is 16.6. The maximum atomic E-state index is 13.3. The lowest BCUT2D eigenvalue weighted by atomic mass is 9.74. The summed E-state index contributed by atoms with van der Waals surface area (Å²) < 4.78 is 6.90. The molecule has 5 rings (SSSR count). The lowest BCUT2D eigenvalue weighted by molar-refractivity contribution is -0.117. The van der Waals surface area contributed by atoms with Crippen molar-refractivity contribution in [2.45, 2.75) is 38.3 Å². The number of rotatable bonds is 5. The SMILES string of the molecule is CC(C)(C)OC(=O)n1cncc1C=C1CN(C(c2ccccc2)(c2ccccc2)c2ccccc2)CCC1=O. The molecule has 1 saturated heterocycles.